The lowest BCUT2D eigenvalue weighted by atomic mass is 10.3. The summed E-state index contributed by atoms with van der Waals surface area (Å²) in [6.45, 7) is 6.36. The summed E-state index contributed by atoms with van der Waals surface area (Å²) in [4.78, 5) is 0. The van der Waals surface area contributed by atoms with Crippen molar-refractivity contribution in [3.05, 3.63) is 29.3 Å². The standard InChI is InChI=1S/C12H19ClN2/c1-10(2)14-8-3-9-15-12-6-4-11(13)5-7-12/h4-7,10,14-15H,3,8-9H2,1-2H3. The number of hydrogen-bond acceptors (Lipinski definition) is 2. The maximum absolute atomic E-state index is 5.79. The molecule has 2 nitrogen and oxygen atoms in total. The van der Waals surface area contributed by atoms with Crippen LogP contribution in [0.3, 0.4) is 0 Å². The van der Waals surface area contributed by atoms with E-state index >= 15 is 0 Å². The highest BCUT2D eigenvalue weighted by Gasteiger charge is 1.93. The van der Waals surface area contributed by atoms with Crippen LogP contribution >= 0.6 is 11.6 Å². The van der Waals surface area contributed by atoms with Crippen LogP contribution in [0, 0.1) is 0 Å². The topological polar surface area (TPSA) is 24.1 Å². The maximum atomic E-state index is 5.79. The molecule has 0 unspecified atom stereocenters. The van der Waals surface area contributed by atoms with Gasteiger partial charge >= 0.3 is 0 Å². The Balaban J connectivity index is 2.12. The fourth-order valence-electron chi connectivity index (χ4n) is 1.28. The van der Waals surface area contributed by atoms with E-state index in [1.807, 2.05) is 24.3 Å². The summed E-state index contributed by atoms with van der Waals surface area (Å²) >= 11 is 5.79. The molecule has 1 aromatic rings. The van der Waals surface area contributed by atoms with Crippen molar-refractivity contribution in [3.8, 4) is 0 Å². The van der Waals surface area contributed by atoms with Gasteiger partial charge in [-0.15, -0.1) is 0 Å². The second-order valence-corrected chi connectivity index (χ2v) is 4.33. The van der Waals surface area contributed by atoms with Crippen molar-refractivity contribution in [2.24, 2.45) is 0 Å². The summed E-state index contributed by atoms with van der Waals surface area (Å²) < 4.78 is 0. The van der Waals surface area contributed by atoms with Crippen LogP contribution < -0.4 is 10.6 Å². The van der Waals surface area contributed by atoms with Crippen LogP contribution in [0.15, 0.2) is 24.3 Å². The van der Waals surface area contributed by atoms with Crippen LogP contribution in [-0.2, 0) is 0 Å². The molecule has 0 aromatic heterocycles. The Morgan fingerprint density at radius 2 is 1.80 bits per heavy atom. The number of anilines is 1. The molecule has 0 aliphatic carbocycles. The summed E-state index contributed by atoms with van der Waals surface area (Å²) in [7, 11) is 0. The second-order valence-electron chi connectivity index (χ2n) is 3.90. The number of benzene rings is 1. The minimum absolute atomic E-state index is 0.570. The van der Waals surface area contributed by atoms with E-state index in [9.17, 15) is 0 Å². The van der Waals surface area contributed by atoms with Crippen LogP contribution in [0.1, 0.15) is 20.3 Å². The lowest BCUT2D eigenvalue weighted by molar-refractivity contribution is 0.578. The Hall–Kier alpha value is -0.730. The van der Waals surface area contributed by atoms with Crippen molar-refractivity contribution in [1.82, 2.24) is 5.32 Å². The van der Waals surface area contributed by atoms with E-state index in [2.05, 4.69) is 24.5 Å². The third-order valence-corrected chi connectivity index (χ3v) is 2.33. The first-order valence-corrected chi connectivity index (χ1v) is 5.79. The number of halogens is 1. The van der Waals surface area contributed by atoms with E-state index < -0.39 is 0 Å². The zero-order valence-electron chi connectivity index (χ0n) is 9.39. The summed E-state index contributed by atoms with van der Waals surface area (Å²) in [6, 6.07) is 8.36. The molecule has 0 saturated heterocycles. The molecule has 3 heteroatoms. The van der Waals surface area contributed by atoms with Crippen LogP contribution in [0.25, 0.3) is 0 Å². The Bertz CT molecular complexity index is 269. The van der Waals surface area contributed by atoms with Gasteiger partial charge in [0.15, 0.2) is 0 Å². The predicted molar refractivity (Wildman–Crippen MR) is 67.7 cm³/mol. The van der Waals surface area contributed by atoms with E-state index in [1.165, 1.54) is 0 Å². The molecule has 0 saturated carbocycles. The van der Waals surface area contributed by atoms with Gasteiger partial charge in [-0.3, -0.25) is 0 Å². The third-order valence-electron chi connectivity index (χ3n) is 2.08. The Morgan fingerprint density at radius 1 is 1.13 bits per heavy atom. The van der Waals surface area contributed by atoms with Gasteiger partial charge in [-0.25, -0.2) is 0 Å². The number of rotatable bonds is 6. The lowest BCUT2D eigenvalue weighted by Crippen LogP contribution is -2.25. The predicted octanol–water partition coefficient (Wildman–Crippen LogP) is 3.14. The normalized spacial score (nSPS) is 10.7. The van der Waals surface area contributed by atoms with E-state index in [-0.39, 0.29) is 0 Å². The summed E-state index contributed by atoms with van der Waals surface area (Å²) in [5, 5.41) is 7.51. The van der Waals surface area contributed by atoms with Crippen LogP contribution in [0.5, 0.6) is 0 Å². The Labute approximate surface area is 97.0 Å². The van der Waals surface area contributed by atoms with Crippen molar-refractivity contribution in [3.63, 3.8) is 0 Å². The first-order valence-electron chi connectivity index (χ1n) is 5.41. The fraction of sp³-hybridized carbons (Fsp3) is 0.500. The van der Waals surface area contributed by atoms with Gasteiger partial charge in [0, 0.05) is 23.3 Å². The second kappa shape index (κ2) is 6.70. The zero-order chi connectivity index (χ0) is 11.1. The summed E-state index contributed by atoms with van der Waals surface area (Å²) in [5.41, 5.74) is 1.13. The van der Waals surface area contributed by atoms with Crippen molar-refractivity contribution < 1.29 is 0 Å². The van der Waals surface area contributed by atoms with Crippen LogP contribution in [0.2, 0.25) is 5.02 Å². The molecule has 2 N–H and O–H groups in total. The monoisotopic (exact) mass is 226 g/mol. The molecule has 15 heavy (non-hydrogen) atoms. The van der Waals surface area contributed by atoms with Crippen molar-refractivity contribution >= 4 is 17.3 Å². The molecule has 1 aromatic carbocycles. The molecule has 0 fully saturated rings. The molecule has 0 radical (unpaired) electrons. The van der Waals surface area contributed by atoms with E-state index in [0.29, 0.717) is 6.04 Å². The van der Waals surface area contributed by atoms with E-state index in [0.717, 1.165) is 30.2 Å². The van der Waals surface area contributed by atoms with Gasteiger partial charge in [0.1, 0.15) is 0 Å². The molecule has 0 aliphatic rings. The Morgan fingerprint density at radius 3 is 2.40 bits per heavy atom. The van der Waals surface area contributed by atoms with E-state index in [4.69, 9.17) is 11.6 Å². The molecule has 0 aliphatic heterocycles. The fourth-order valence-corrected chi connectivity index (χ4v) is 1.41. The first kappa shape index (κ1) is 12.3. The molecular formula is C12H19ClN2. The molecular weight excluding hydrogens is 208 g/mol. The van der Waals surface area contributed by atoms with Crippen LogP contribution in [-0.4, -0.2) is 19.1 Å². The zero-order valence-corrected chi connectivity index (χ0v) is 10.1. The highest BCUT2D eigenvalue weighted by Crippen LogP contribution is 2.12. The smallest absolute Gasteiger partial charge is 0.0407 e. The molecule has 84 valence electrons. The number of nitrogens with one attached hydrogen (secondary N) is 2. The van der Waals surface area contributed by atoms with Gasteiger partial charge in [-0.2, -0.15) is 0 Å². The minimum Gasteiger partial charge on any atom is -0.385 e. The minimum atomic E-state index is 0.570. The van der Waals surface area contributed by atoms with Crippen molar-refractivity contribution in [2.45, 2.75) is 26.3 Å². The molecule has 0 bridgehead atoms. The molecule has 0 heterocycles. The average Bonchev–Trinajstić information content (AvgIpc) is 2.20. The summed E-state index contributed by atoms with van der Waals surface area (Å²) in [5.74, 6) is 0. The van der Waals surface area contributed by atoms with Crippen molar-refractivity contribution in [1.29, 1.82) is 0 Å². The van der Waals surface area contributed by atoms with Crippen LogP contribution in [0.4, 0.5) is 5.69 Å². The quantitative estimate of drug-likeness (QED) is 0.729. The number of hydrogen-bond donors (Lipinski definition) is 2. The highest BCUT2D eigenvalue weighted by molar-refractivity contribution is 6.30. The maximum Gasteiger partial charge on any atom is 0.0407 e. The van der Waals surface area contributed by atoms with E-state index in [1.54, 1.807) is 0 Å². The van der Waals surface area contributed by atoms with Crippen molar-refractivity contribution in [2.75, 3.05) is 18.4 Å². The Kier molecular flexibility index (Phi) is 5.51. The summed E-state index contributed by atoms with van der Waals surface area (Å²) in [6.07, 6.45) is 1.13. The van der Waals surface area contributed by atoms with Gasteiger partial charge in [0.2, 0.25) is 0 Å². The highest BCUT2D eigenvalue weighted by atomic mass is 35.5. The molecule has 0 spiro atoms. The largest absolute Gasteiger partial charge is 0.385 e. The van der Waals surface area contributed by atoms with Gasteiger partial charge in [0.05, 0.1) is 0 Å². The average molecular weight is 227 g/mol. The SMILES string of the molecule is CC(C)NCCCNc1ccc(Cl)cc1. The van der Waals surface area contributed by atoms with Gasteiger partial charge in [-0.05, 0) is 37.2 Å². The third kappa shape index (κ3) is 5.65. The molecule has 0 amide bonds. The van der Waals surface area contributed by atoms with Gasteiger partial charge in [-0.1, -0.05) is 25.4 Å². The molecule has 0 atom stereocenters. The van der Waals surface area contributed by atoms with Gasteiger partial charge < -0.3 is 10.6 Å². The van der Waals surface area contributed by atoms with Gasteiger partial charge in [0.25, 0.3) is 0 Å². The lowest BCUT2D eigenvalue weighted by Gasteiger charge is -2.09. The molecule has 1 rings (SSSR count). The first-order chi connectivity index (χ1) is 7.18.